The van der Waals surface area contributed by atoms with Gasteiger partial charge in [0.2, 0.25) is 15.9 Å². The minimum absolute atomic E-state index is 0.351. The van der Waals surface area contributed by atoms with Crippen LogP contribution in [0.1, 0.15) is 5.89 Å². The third-order valence-corrected chi connectivity index (χ3v) is 7.28. The molecule has 1 fully saturated rings. The summed E-state index contributed by atoms with van der Waals surface area (Å²) in [6, 6.07) is 20.8. The van der Waals surface area contributed by atoms with E-state index in [2.05, 4.69) is 9.88 Å². The molecule has 0 radical (unpaired) electrons. The monoisotopic (exact) mass is 407 g/mol. The molecule has 0 aliphatic carbocycles. The maximum atomic E-state index is 13.1. The Balaban J connectivity index is 1.28. The number of para-hydroxylation sites is 2. The number of oxazole rings is 1. The number of nitrogens with zero attached hydrogens (tertiary/aromatic N) is 3. The Morgan fingerprint density at radius 1 is 0.862 bits per heavy atom. The van der Waals surface area contributed by atoms with Crippen molar-refractivity contribution in [2.24, 2.45) is 0 Å². The molecule has 0 N–H and O–H groups in total. The first-order valence-electron chi connectivity index (χ1n) is 9.65. The average Bonchev–Trinajstić information content (AvgIpc) is 3.16. The summed E-state index contributed by atoms with van der Waals surface area (Å²) in [5, 5.41) is 1.97. The number of fused-ring (bicyclic) bond motifs is 2. The Kier molecular flexibility index (Phi) is 4.58. The van der Waals surface area contributed by atoms with E-state index in [1.54, 1.807) is 16.4 Å². The largest absolute Gasteiger partial charge is 0.439 e. The molecule has 0 atom stereocenters. The SMILES string of the molecule is O=S(=O)(c1ccc2ccccc2c1)N1CCN(Cc2nc3ccccc3o2)CC1. The molecular formula is C22H21N3O3S. The van der Waals surface area contributed by atoms with E-state index >= 15 is 0 Å². The van der Waals surface area contributed by atoms with Gasteiger partial charge in [-0.1, -0.05) is 42.5 Å². The molecule has 1 aromatic heterocycles. The molecule has 1 aliphatic heterocycles. The Morgan fingerprint density at radius 3 is 2.38 bits per heavy atom. The van der Waals surface area contributed by atoms with Gasteiger partial charge < -0.3 is 4.42 Å². The van der Waals surface area contributed by atoms with E-state index < -0.39 is 10.0 Å². The van der Waals surface area contributed by atoms with Crippen LogP contribution in [0.5, 0.6) is 0 Å². The fourth-order valence-corrected chi connectivity index (χ4v) is 5.24. The Hall–Kier alpha value is -2.74. The van der Waals surface area contributed by atoms with Gasteiger partial charge in [-0.3, -0.25) is 4.90 Å². The minimum atomic E-state index is -3.50. The third kappa shape index (κ3) is 3.53. The molecule has 1 saturated heterocycles. The van der Waals surface area contributed by atoms with Gasteiger partial charge in [-0.15, -0.1) is 0 Å². The molecule has 29 heavy (non-hydrogen) atoms. The minimum Gasteiger partial charge on any atom is -0.439 e. The molecule has 148 valence electrons. The Morgan fingerprint density at radius 2 is 1.59 bits per heavy atom. The Bertz CT molecular complexity index is 1240. The van der Waals surface area contributed by atoms with Crippen molar-refractivity contribution in [1.29, 1.82) is 0 Å². The second kappa shape index (κ2) is 7.26. The molecule has 5 rings (SSSR count). The predicted molar refractivity (Wildman–Crippen MR) is 112 cm³/mol. The van der Waals surface area contributed by atoms with Gasteiger partial charge in [-0.2, -0.15) is 4.31 Å². The van der Waals surface area contributed by atoms with E-state index in [1.165, 1.54) is 0 Å². The summed E-state index contributed by atoms with van der Waals surface area (Å²) in [5.74, 6) is 0.664. The number of benzene rings is 3. The van der Waals surface area contributed by atoms with E-state index in [1.807, 2.05) is 54.6 Å². The van der Waals surface area contributed by atoms with Crippen LogP contribution in [0, 0.1) is 0 Å². The van der Waals surface area contributed by atoms with Crippen LogP contribution in [0.15, 0.2) is 76.0 Å². The zero-order valence-electron chi connectivity index (χ0n) is 15.9. The maximum absolute atomic E-state index is 13.1. The van der Waals surface area contributed by atoms with Gasteiger partial charge in [0.1, 0.15) is 5.52 Å². The van der Waals surface area contributed by atoms with Gasteiger partial charge >= 0.3 is 0 Å². The van der Waals surface area contributed by atoms with Crippen molar-refractivity contribution in [2.75, 3.05) is 26.2 Å². The van der Waals surface area contributed by atoms with Gasteiger partial charge in [-0.25, -0.2) is 13.4 Å². The Labute approximate surface area is 169 Å². The highest BCUT2D eigenvalue weighted by molar-refractivity contribution is 7.89. The molecule has 3 aromatic carbocycles. The van der Waals surface area contributed by atoms with E-state index in [-0.39, 0.29) is 0 Å². The number of aromatic nitrogens is 1. The van der Waals surface area contributed by atoms with Crippen molar-refractivity contribution >= 4 is 31.9 Å². The lowest BCUT2D eigenvalue weighted by molar-refractivity contribution is 0.169. The fraction of sp³-hybridized carbons (Fsp3) is 0.227. The number of piperazine rings is 1. The molecule has 7 heteroatoms. The quantitative estimate of drug-likeness (QED) is 0.518. The summed E-state index contributed by atoms with van der Waals surface area (Å²) in [7, 11) is -3.50. The molecule has 2 heterocycles. The molecule has 0 spiro atoms. The highest BCUT2D eigenvalue weighted by Crippen LogP contribution is 2.23. The standard InChI is InChI=1S/C22H21N3O3S/c26-29(27,19-10-9-17-5-1-2-6-18(17)15-19)25-13-11-24(12-14-25)16-22-23-20-7-3-4-8-21(20)28-22/h1-10,15H,11-14,16H2. The van der Waals surface area contributed by atoms with Gasteiger partial charge in [0.15, 0.2) is 5.58 Å². The van der Waals surface area contributed by atoms with E-state index in [0.717, 1.165) is 21.9 Å². The van der Waals surface area contributed by atoms with Crippen LogP contribution in [-0.4, -0.2) is 48.8 Å². The summed E-state index contributed by atoms with van der Waals surface area (Å²) in [6.45, 7) is 2.78. The van der Waals surface area contributed by atoms with Crippen molar-refractivity contribution in [1.82, 2.24) is 14.2 Å². The second-order valence-electron chi connectivity index (χ2n) is 7.26. The van der Waals surface area contributed by atoms with Crippen LogP contribution in [0.25, 0.3) is 21.9 Å². The lowest BCUT2D eigenvalue weighted by Crippen LogP contribution is -2.48. The molecule has 0 amide bonds. The van der Waals surface area contributed by atoms with Crippen LogP contribution >= 0.6 is 0 Å². The number of hydrogen-bond donors (Lipinski definition) is 0. The van der Waals surface area contributed by atoms with Crippen molar-refractivity contribution in [3.8, 4) is 0 Å². The zero-order valence-corrected chi connectivity index (χ0v) is 16.7. The van der Waals surface area contributed by atoms with Crippen LogP contribution in [0.4, 0.5) is 0 Å². The van der Waals surface area contributed by atoms with Crippen LogP contribution in [0.3, 0.4) is 0 Å². The van der Waals surface area contributed by atoms with Crippen molar-refractivity contribution in [3.05, 3.63) is 72.6 Å². The number of rotatable bonds is 4. The summed E-state index contributed by atoms with van der Waals surface area (Å²) in [5.41, 5.74) is 1.63. The summed E-state index contributed by atoms with van der Waals surface area (Å²) in [6.07, 6.45) is 0. The van der Waals surface area contributed by atoms with E-state index in [0.29, 0.717) is 43.5 Å². The summed E-state index contributed by atoms with van der Waals surface area (Å²) >= 11 is 0. The highest BCUT2D eigenvalue weighted by Gasteiger charge is 2.29. The van der Waals surface area contributed by atoms with Crippen molar-refractivity contribution in [3.63, 3.8) is 0 Å². The molecular weight excluding hydrogens is 386 g/mol. The maximum Gasteiger partial charge on any atom is 0.243 e. The van der Waals surface area contributed by atoms with Crippen molar-refractivity contribution in [2.45, 2.75) is 11.4 Å². The summed E-state index contributed by atoms with van der Waals surface area (Å²) < 4.78 is 33.5. The molecule has 1 aliphatic rings. The highest BCUT2D eigenvalue weighted by atomic mass is 32.2. The first-order chi connectivity index (χ1) is 14.1. The van der Waals surface area contributed by atoms with Gasteiger partial charge in [0.25, 0.3) is 0 Å². The molecule has 4 aromatic rings. The third-order valence-electron chi connectivity index (χ3n) is 5.39. The molecule has 6 nitrogen and oxygen atoms in total. The predicted octanol–water partition coefficient (Wildman–Crippen LogP) is 3.49. The van der Waals surface area contributed by atoms with Gasteiger partial charge in [0, 0.05) is 26.2 Å². The fourth-order valence-electron chi connectivity index (χ4n) is 3.78. The topological polar surface area (TPSA) is 66.7 Å². The second-order valence-corrected chi connectivity index (χ2v) is 9.20. The summed E-state index contributed by atoms with van der Waals surface area (Å²) in [4.78, 5) is 7.04. The average molecular weight is 407 g/mol. The van der Waals surface area contributed by atoms with Crippen LogP contribution in [0.2, 0.25) is 0 Å². The smallest absolute Gasteiger partial charge is 0.243 e. The number of sulfonamides is 1. The lowest BCUT2D eigenvalue weighted by atomic mass is 10.1. The zero-order chi connectivity index (χ0) is 19.8. The van der Waals surface area contributed by atoms with E-state index in [9.17, 15) is 8.42 Å². The molecule has 0 bridgehead atoms. The normalized spacial score (nSPS) is 16.6. The van der Waals surface area contributed by atoms with Crippen molar-refractivity contribution < 1.29 is 12.8 Å². The van der Waals surface area contributed by atoms with Gasteiger partial charge in [0.05, 0.1) is 11.4 Å². The van der Waals surface area contributed by atoms with Crippen LogP contribution < -0.4 is 0 Å². The first-order valence-corrected chi connectivity index (χ1v) is 11.1. The molecule has 0 saturated carbocycles. The molecule has 0 unspecified atom stereocenters. The van der Waals surface area contributed by atoms with Crippen LogP contribution in [-0.2, 0) is 16.6 Å². The van der Waals surface area contributed by atoms with Gasteiger partial charge in [-0.05, 0) is 35.0 Å². The van der Waals surface area contributed by atoms with E-state index in [4.69, 9.17) is 4.42 Å². The lowest BCUT2D eigenvalue weighted by Gasteiger charge is -2.33. The first kappa shape index (κ1) is 18.3. The number of hydrogen-bond acceptors (Lipinski definition) is 5.